The molecule has 0 bridgehead atoms. The summed E-state index contributed by atoms with van der Waals surface area (Å²) in [7, 11) is 0. The molecule has 0 radical (unpaired) electrons. The normalized spacial score (nSPS) is 9.40. The molecule has 4 nitrogen and oxygen atoms in total. The molecular formula is C14H18Cl2O4. The zero-order valence-electron chi connectivity index (χ0n) is 11.5. The summed E-state index contributed by atoms with van der Waals surface area (Å²) in [5.41, 5.74) is 0. The highest BCUT2D eigenvalue weighted by atomic mass is 35.5. The van der Waals surface area contributed by atoms with Crippen LogP contribution in [0, 0.1) is 0 Å². The molecule has 0 amide bonds. The Hall–Kier alpha value is -1.26. The van der Waals surface area contributed by atoms with Gasteiger partial charge in [-0.1, -0.05) is 37.0 Å². The molecule has 0 saturated heterocycles. The third-order valence-electron chi connectivity index (χ3n) is 2.04. The molecule has 1 aromatic carbocycles. The topological polar surface area (TPSA) is 63.6 Å². The number of carbonyl (C=O) groups excluding carboxylic acids is 1. The van der Waals surface area contributed by atoms with Crippen molar-refractivity contribution in [1.82, 2.24) is 0 Å². The van der Waals surface area contributed by atoms with Gasteiger partial charge in [-0.3, -0.25) is 9.59 Å². The molecule has 0 aliphatic rings. The minimum Gasteiger partial charge on any atom is -0.481 e. The number of esters is 1. The summed E-state index contributed by atoms with van der Waals surface area (Å²) in [6, 6.07) is 4.75. The van der Waals surface area contributed by atoms with E-state index < -0.39 is 5.97 Å². The van der Waals surface area contributed by atoms with Gasteiger partial charge in [-0.25, -0.2) is 0 Å². The van der Waals surface area contributed by atoms with Crippen LogP contribution in [0.25, 0.3) is 0 Å². The lowest BCUT2D eigenvalue weighted by Crippen LogP contribution is -2.06. The van der Waals surface area contributed by atoms with E-state index in [4.69, 9.17) is 33.0 Å². The summed E-state index contributed by atoms with van der Waals surface area (Å²) < 4.78 is 5.01. The van der Waals surface area contributed by atoms with E-state index in [1.165, 1.54) is 6.07 Å². The molecule has 1 aromatic rings. The number of rotatable bonds is 5. The highest BCUT2D eigenvalue weighted by molar-refractivity contribution is 6.35. The fourth-order valence-electron chi connectivity index (χ4n) is 1.15. The monoisotopic (exact) mass is 320 g/mol. The molecule has 0 aliphatic carbocycles. The van der Waals surface area contributed by atoms with Gasteiger partial charge in [0.15, 0.2) is 0 Å². The zero-order chi connectivity index (χ0) is 15.5. The van der Waals surface area contributed by atoms with Crippen molar-refractivity contribution in [3.8, 4) is 5.75 Å². The van der Waals surface area contributed by atoms with Gasteiger partial charge in [-0.2, -0.15) is 0 Å². The van der Waals surface area contributed by atoms with Crippen LogP contribution < -0.4 is 4.74 Å². The quantitative estimate of drug-likeness (QED) is 0.637. The number of carboxylic acid groups (broad SMARTS) is 1. The predicted octanol–water partition coefficient (Wildman–Crippen LogP) is 4.57. The van der Waals surface area contributed by atoms with Crippen LogP contribution in [0.2, 0.25) is 10.0 Å². The number of carboxylic acids is 1. The predicted molar refractivity (Wildman–Crippen MR) is 79.5 cm³/mol. The van der Waals surface area contributed by atoms with Gasteiger partial charge in [-0.05, 0) is 31.0 Å². The summed E-state index contributed by atoms with van der Waals surface area (Å²) in [6.45, 7) is 3.75. The molecule has 0 atom stereocenters. The van der Waals surface area contributed by atoms with Crippen molar-refractivity contribution in [2.24, 2.45) is 0 Å². The summed E-state index contributed by atoms with van der Waals surface area (Å²) in [4.78, 5) is 20.7. The first-order chi connectivity index (χ1) is 9.40. The second-order valence-corrected chi connectivity index (χ2v) is 4.79. The Labute approximate surface area is 128 Å². The Morgan fingerprint density at radius 3 is 2.15 bits per heavy atom. The van der Waals surface area contributed by atoms with E-state index in [1.807, 2.05) is 13.8 Å². The molecule has 1 rings (SSSR count). The number of aliphatic carboxylic acids is 1. The molecular weight excluding hydrogens is 303 g/mol. The molecule has 6 heteroatoms. The van der Waals surface area contributed by atoms with E-state index >= 15 is 0 Å². The first-order valence-electron chi connectivity index (χ1n) is 6.28. The van der Waals surface area contributed by atoms with Gasteiger partial charge in [-0.15, -0.1) is 0 Å². The highest BCUT2D eigenvalue weighted by Gasteiger charge is 2.07. The van der Waals surface area contributed by atoms with Gasteiger partial charge in [0.2, 0.25) is 0 Å². The van der Waals surface area contributed by atoms with E-state index in [2.05, 4.69) is 0 Å². The van der Waals surface area contributed by atoms with Crippen molar-refractivity contribution < 1.29 is 19.4 Å². The van der Waals surface area contributed by atoms with E-state index in [-0.39, 0.29) is 5.97 Å². The van der Waals surface area contributed by atoms with Gasteiger partial charge in [0.25, 0.3) is 0 Å². The lowest BCUT2D eigenvalue weighted by Gasteiger charge is -2.05. The number of halogens is 2. The number of hydrogen-bond donors (Lipinski definition) is 1. The summed E-state index contributed by atoms with van der Waals surface area (Å²) >= 11 is 11.5. The zero-order valence-corrected chi connectivity index (χ0v) is 13.0. The van der Waals surface area contributed by atoms with Crippen molar-refractivity contribution in [2.75, 3.05) is 0 Å². The Kier molecular flexibility index (Phi) is 9.86. The van der Waals surface area contributed by atoms with E-state index in [0.717, 1.165) is 12.8 Å². The van der Waals surface area contributed by atoms with Gasteiger partial charge < -0.3 is 9.84 Å². The number of carbonyl (C=O) groups is 2. The van der Waals surface area contributed by atoms with E-state index in [1.54, 1.807) is 12.1 Å². The van der Waals surface area contributed by atoms with Crippen LogP contribution >= 0.6 is 23.2 Å². The molecule has 0 saturated carbocycles. The molecule has 0 heterocycles. The first kappa shape index (κ1) is 18.7. The molecule has 0 fully saturated rings. The van der Waals surface area contributed by atoms with Crippen LogP contribution in [0.3, 0.4) is 0 Å². The van der Waals surface area contributed by atoms with Gasteiger partial charge in [0, 0.05) is 17.9 Å². The highest BCUT2D eigenvalue weighted by Crippen LogP contribution is 2.27. The summed E-state index contributed by atoms with van der Waals surface area (Å²) in [6.07, 6.45) is 2.17. The largest absolute Gasteiger partial charge is 0.481 e. The fourth-order valence-corrected chi connectivity index (χ4v) is 1.60. The average Bonchev–Trinajstić information content (AvgIpc) is 2.34. The number of benzene rings is 1. The maximum absolute atomic E-state index is 11.1. The minimum absolute atomic E-state index is 0.281. The third kappa shape index (κ3) is 8.77. The second kappa shape index (κ2) is 10.5. The first-order valence-corrected chi connectivity index (χ1v) is 7.03. The van der Waals surface area contributed by atoms with Gasteiger partial charge in [0.1, 0.15) is 5.75 Å². The molecule has 20 heavy (non-hydrogen) atoms. The molecule has 112 valence electrons. The lowest BCUT2D eigenvalue weighted by atomic mass is 10.3. The van der Waals surface area contributed by atoms with E-state index in [0.29, 0.717) is 28.6 Å². The Bertz CT molecular complexity index is 447. The van der Waals surface area contributed by atoms with Crippen LogP contribution in [-0.2, 0) is 9.59 Å². The van der Waals surface area contributed by atoms with Crippen molar-refractivity contribution in [3.63, 3.8) is 0 Å². The molecule has 0 aromatic heterocycles. The molecule has 0 aliphatic heterocycles. The van der Waals surface area contributed by atoms with Crippen molar-refractivity contribution in [2.45, 2.75) is 39.5 Å². The number of ether oxygens (including phenoxy) is 1. The third-order valence-corrected chi connectivity index (χ3v) is 2.57. The maximum Gasteiger partial charge on any atom is 0.311 e. The van der Waals surface area contributed by atoms with E-state index in [9.17, 15) is 9.59 Å². The van der Waals surface area contributed by atoms with Gasteiger partial charge >= 0.3 is 11.9 Å². The minimum atomic E-state index is -0.711. The average molecular weight is 321 g/mol. The summed E-state index contributed by atoms with van der Waals surface area (Å²) in [5.74, 6) is -0.635. The van der Waals surface area contributed by atoms with Crippen molar-refractivity contribution in [3.05, 3.63) is 28.2 Å². The van der Waals surface area contributed by atoms with Crippen LogP contribution in [0.4, 0.5) is 0 Å². The summed E-state index contributed by atoms with van der Waals surface area (Å²) in [5, 5.41) is 8.78. The smallest absolute Gasteiger partial charge is 0.311 e. The van der Waals surface area contributed by atoms with Crippen molar-refractivity contribution in [1.29, 1.82) is 0 Å². The fraction of sp³-hybridized carbons (Fsp3) is 0.429. The number of hydrogen-bond acceptors (Lipinski definition) is 3. The molecule has 0 unspecified atom stereocenters. The van der Waals surface area contributed by atoms with Crippen LogP contribution in [0.5, 0.6) is 5.75 Å². The van der Waals surface area contributed by atoms with Crippen LogP contribution in [0.1, 0.15) is 39.5 Å². The second-order valence-electron chi connectivity index (χ2n) is 3.94. The Balaban J connectivity index is 0.000000511. The SMILES string of the molecule is CCCC(=O)O.CCCC(=O)Oc1ccc(Cl)cc1Cl. The molecule has 0 spiro atoms. The molecule has 1 N–H and O–H groups in total. The van der Waals surface area contributed by atoms with Crippen molar-refractivity contribution >= 4 is 35.1 Å². The van der Waals surface area contributed by atoms with Crippen LogP contribution in [-0.4, -0.2) is 17.0 Å². The Morgan fingerprint density at radius 2 is 1.75 bits per heavy atom. The van der Waals surface area contributed by atoms with Crippen LogP contribution in [0.15, 0.2) is 18.2 Å². The maximum atomic E-state index is 11.1. The van der Waals surface area contributed by atoms with Gasteiger partial charge in [0.05, 0.1) is 5.02 Å². The standard InChI is InChI=1S/C10H10Cl2O2.C4H8O2/c1-2-3-10(13)14-9-5-4-7(11)6-8(9)12;1-2-3-4(5)6/h4-6H,2-3H2,1H3;2-3H2,1H3,(H,5,6). The lowest BCUT2D eigenvalue weighted by molar-refractivity contribution is -0.137. The Morgan fingerprint density at radius 1 is 1.15 bits per heavy atom.